The monoisotopic (exact) mass is 486 g/mol. The Hall–Kier alpha value is -1.27. The van der Waals surface area contributed by atoms with Crippen LogP contribution in [0.25, 0.3) is 0 Å². The van der Waals surface area contributed by atoms with E-state index in [-0.39, 0.29) is 29.7 Å². The first-order chi connectivity index (χ1) is 11.5. The van der Waals surface area contributed by atoms with E-state index in [1.54, 1.807) is 28.2 Å². The Labute approximate surface area is 166 Å². The maximum absolute atomic E-state index is 11.3. The minimum absolute atomic E-state index is 0. The van der Waals surface area contributed by atoms with Crippen molar-refractivity contribution in [2.24, 2.45) is 4.99 Å². The summed E-state index contributed by atoms with van der Waals surface area (Å²) < 4.78 is 35.6. The number of halogens is 1. The van der Waals surface area contributed by atoms with Crippen molar-refractivity contribution in [3.8, 4) is 11.5 Å². The summed E-state index contributed by atoms with van der Waals surface area (Å²) >= 11 is 0. The van der Waals surface area contributed by atoms with E-state index in [9.17, 15) is 8.42 Å². The maximum Gasteiger partial charge on any atom is 0.211 e. The molecule has 1 aromatic rings. The number of nitrogens with zero attached hydrogens (tertiary/aromatic N) is 1. The lowest BCUT2D eigenvalue weighted by molar-refractivity contribution is 0.354. The number of rotatable bonds is 9. The van der Waals surface area contributed by atoms with Crippen LogP contribution in [0.4, 0.5) is 0 Å². The van der Waals surface area contributed by atoms with Gasteiger partial charge in [0.1, 0.15) is 0 Å². The fourth-order valence-electron chi connectivity index (χ4n) is 1.89. The first kappa shape index (κ1) is 23.7. The van der Waals surface area contributed by atoms with Gasteiger partial charge in [0.25, 0.3) is 0 Å². The van der Waals surface area contributed by atoms with E-state index in [1.165, 1.54) is 0 Å². The van der Waals surface area contributed by atoms with E-state index < -0.39 is 10.0 Å². The molecule has 0 atom stereocenters. The van der Waals surface area contributed by atoms with Crippen LogP contribution in [-0.4, -0.2) is 54.5 Å². The van der Waals surface area contributed by atoms with Gasteiger partial charge in [-0.15, -0.1) is 24.0 Å². The average molecular weight is 486 g/mol. The Morgan fingerprint density at radius 2 is 1.80 bits per heavy atom. The van der Waals surface area contributed by atoms with E-state index in [4.69, 9.17) is 9.47 Å². The summed E-state index contributed by atoms with van der Waals surface area (Å²) in [4.78, 5) is 4.09. The molecule has 144 valence electrons. The third kappa shape index (κ3) is 8.59. The normalized spacial score (nSPS) is 11.4. The van der Waals surface area contributed by atoms with Crippen LogP contribution >= 0.6 is 24.0 Å². The third-order valence-electron chi connectivity index (χ3n) is 3.25. The first-order valence-electron chi connectivity index (χ1n) is 7.58. The summed E-state index contributed by atoms with van der Waals surface area (Å²) in [5.74, 6) is 1.99. The summed E-state index contributed by atoms with van der Waals surface area (Å²) in [6, 6.07) is 5.65. The van der Waals surface area contributed by atoms with Gasteiger partial charge in [0, 0.05) is 26.7 Å². The number of nitrogens with one attached hydrogen (secondary N) is 3. The van der Waals surface area contributed by atoms with Gasteiger partial charge in [-0.3, -0.25) is 4.99 Å². The minimum atomic E-state index is -3.17. The van der Waals surface area contributed by atoms with Crippen LogP contribution in [0.15, 0.2) is 23.2 Å². The van der Waals surface area contributed by atoms with Gasteiger partial charge >= 0.3 is 0 Å². The maximum atomic E-state index is 11.3. The number of hydrogen-bond acceptors (Lipinski definition) is 5. The van der Waals surface area contributed by atoms with Gasteiger partial charge in [0.2, 0.25) is 10.0 Å². The molecule has 0 heterocycles. The van der Waals surface area contributed by atoms with Gasteiger partial charge in [0.05, 0.1) is 20.0 Å². The molecule has 0 saturated heterocycles. The second-order valence-electron chi connectivity index (χ2n) is 4.84. The Morgan fingerprint density at radius 3 is 2.36 bits per heavy atom. The second kappa shape index (κ2) is 12.1. The van der Waals surface area contributed by atoms with Crippen LogP contribution in [0.1, 0.15) is 12.5 Å². The molecule has 0 unspecified atom stereocenters. The molecule has 0 aliphatic carbocycles. The number of benzene rings is 1. The third-order valence-corrected chi connectivity index (χ3v) is 4.66. The predicted molar refractivity (Wildman–Crippen MR) is 111 cm³/mol. The standard InChI is InChI=1S/C15H26N4O4S.HI/c1-5-24(20,21)19-9-8-17-15(16-2)18-11-12-6-7-13(22-3)14(10-12)23-4;/h6-7,10,19H,5,8-9,11H2,1-4H3,(H2,16,17,18);1H. The van der Waals surface area contributed by atoms with Crippen molar-refractivity contribution in [1.29, 1.82) is 0 Å². The van der Waals surface area contributed by atoms with Crippen LogP contribution in [0, 0.1) is 0 Å². The van der Waals surface area contributed by atoms with Crippen LogP contribution in [0.2, 0.25) is 0 Å². The number of ether oxygens (including phenoxy) is 2. The van der Waals surface area contributed by atoms with Crippen molar-refractivity contribution < 1.29 is 17.9 Å². The van der Waals surface area contributed by atoms with Gasteiger partial charge in [-0.1, -0.05) is 6.07 Å². The molecule has 0 aliphatic rings. The van der Waals surface area contributed by atoms with E-state index in [2.05, 4.69) is 20.3 Å². The van der Waals surface area contributed by atoms with Gasteiger partial charge in [-0.05, 0) is 24.6 Å². The van der Waals surface area contributed by atoms with E-state index in [1.807, 2.05) is 18.2 Å². The van der Waals surface area contributed by atoms with Crippen LogP contribution in [0.5, 0.6) is 11.5 Å². The molecule has 8 nitrogen and oxygen atoms in total. The fourth-order valence-corrected chi connectivity index (χ4v) is 2.50. The highest BCUT2D eigenvalue weighted by molar-refractivity contribution is 14.0. The SMILES string of the molecule is CCS(=O)(=O)NCCNC(=NC)NCc1ccc(OC)c(OC)c1.I. The summed E-state index contributed by atoms with van der Waals surface area (Å²) in [6.07, 6.45) is 0. The van der Waals surface area contributed by atoms with Crippen LogP contribution < -0.4 is 24.8 Å². The summed E-state index contributed by atoms with van der Waals surface area (Å²) in [5.41, 5.74) is 1.00. The highest BCUT2D eigenvalue weighted by atomic mass is 127. The molecular weight excluding hydrogens is 459 g/mol. The van der Waals surface area contributed by atoms with Crippen molar-refractivity contribution in [2.45, 2.75) is 13.5 Å². The molecule has 25 heavy (non-hydrogen) atoms. The number of sulfonamides is 1. The Balaban J connectivity index is 0.00000576. The molecule has 0 radical (unpaired) electrons. The van der Waals surface area contributed by atoms with E-state index in [0.717, 1.165) is 5.56 Å². The molecule has 0 saturated carbocycles. The van der Waals surface area contributed by atoms with Crippen molar-refractivity contribution in [3.63, 3.8) is 0 Å². The Morgan fingerprint density at radius 1 is 1.12 bits per heavy atom. The van der Waals surface area contributed by atoms with Crippen molar-refractivity contribution in [1.82, 2.24) is 15.4 Å². The predicted octanol–water partition coefficient (Wildman–Crippen LogP) is 0.926. The largest absolute Gasteiger partial charge is 0.493 e. The zero-order chi connectivity index (χ0) is 18.0. The van der Waals surface area contributed by atoms with Gasteiger partial charge in [-0.25, -0.2) is 13.1 Å². The van der Waals surface area contributed by atoms with Gasteiger partial charge < -0.3 is 20.1 Å². The smallest absolute Gasteiger partial charge is 0.211 e. The summed E-state index contributed by atoms with van der Waals surface area (Å²) in [6.45, 7) is 2.87. The number of methoxy groups -OCH3 is 2. The number of aliphatic imine (C=N–C) groups is 1. The lowest BCUT2D eigenvalue weighted by atomic mass is 10.2. The number of guanidine groups is 1. The van der Waals surface area contributed by atoms with Crippen molar-refractivity contribution >= 4 is 40.0 Å². The molecule has 0 bridgehead atoms. The highest BCUT2D eigenvalue weighted by Crippen LogP contribution is 2.27. The lowest BCUT2D eigenvalue weighted by Gasteiger charge is -2.13. The summed E-state index contributed by atoms with van der Waals surface area (Å²) in [5, 5.41) is 6.19. The first-order valence-corrected chi connectivity index (χ1v) is 9.23. The summed E-state index contributed by atoms with van der Waals surface area (Å²) in [7, 11) is 1.66. The zero-order valence-corrected chi connectivity index (χ0v) is 18.1. The molecule has 1 rings (SSSR count). The molecule has 3 N–H and O–H groups in total. The molecular formula is C15H27IN4O4S. The lowest BCUT2D eigenvalue weighted by Crippen LogP contribution is -2.41. The molecule has 0 aliphatic heterocycles. The van der Waals surface area contributed by atoms with Gasteiger partial charge in [-0.2, -0.15) is 0 Å². The van der Waals surface area contributed by atoms with Gasteiger partial charge in [0.15, 0.2) is 17.5 Å². The molecule has 0 aromatic heterocycles. The van der Waals surface area contributed by atoms with Crippen molar-refractivity contribution in [2.75, 3.05) is 40.1 Å². The molecule has 10 heteroatoms. The van der Waals surface area contributed by atoms with E-state index in [0.29, 0.717) is 37.1 Å². The van der Waals surface area contributed by atoms with Crippen LogP contribution in [-0.2, 0) is 16.6 Å². The topological polar surface area (TPSA) is 101 Å². The quantitative estimate of drug-likeness (QED) is 0.208. The second-order valence-corrected chi connectivity index (χ2v) is 6.94. The molecule has 0 fully saturated rings. The minimum Gasteiger partial charge on any atom is -0.493 e. The Bertz CT molecular complexity index is 653. The van der Waals surface area contributed by atoms with Crippen LogP contribution in [0.3, 0.4) is 0 Å². The zero-order valence-electron chi connectivity index (χ0n) is 15.0. The molecule has 0 amide bonds. The molecule has 0 spiro atoms. The fraction of sp³-hybridized carbons (Fsp3) is 0.533. The Kier molecular flexibility index (Phi) is 11.5. The van der Waals surface area contributed by atoms with E-state index >= 15 is 0 Å². The highest BCUT2D eigenvalue weighted by Gasteiger charge is 2.06. The number of hydrogen-bond donors (Lipinski definition) is 3. The van der Waals surface area contributed by atoms with Crippen molar-refractivity contribution in [3.05, 3.63) is 23.8 Å². The molecule has 1 aromatic carbocycles. The average Bonchev–Trinajstić information content (AvgIpc) is 2.60.